The van der Waals surface area contributed by atoms with E-state index in [1.165, 1.54) is 24.3 Å². The van der Waals surface area contributed by atoms with Gasteiger partial charge in [0.25, 0.3) is 5.69 Å². The van der Waals surface area contributed by atoms with E-state index in [1.807, 2.05) is 0 Å². The van der Waals surface area contributed by atoms with E-state index in [0.717, 1.165) is 12.1 Å². The first-order chi connectivity index (χ1) is 12.8. The van der Waals surface area contributed by atoms with Gasteiger partial charge in [-0.3, -0.25) is 10.1 Å². The van der Waals surface area contributed by atoms with Crippen molar-refractivity contribution in [2.45, 2.75) is 6.61 Å². The number of ether oxygens (including phenoxy) is 2. The van der Waals surface area contributed by atoms with Crippen molar-refractivity contribution in [1.29, 1.82) is 0 Å². The maximum Gasteiger partial charge on any atom is 0.407 e. The summed E-state index contributed by atoms with van der Waals surface area (Å²) in [6, 6.07) is 7.33. The molecule has 2 aromatic rings. The van der Waals surface area contributed by atoms with Gasteiger partial charge < -0.3 is 25.0 Å². The molecule has 0 aliphatic carbocycles. The van der Waals surface area contributed by atoms with Gasteiger partial charge in [-0.05, 0) is 17.7 Å². The number of hydrogen-bond donors (Lipinski definition) is 3. The van der Waals surface area contributed by atoms with Crippen molar-refractivity contribution in [1.82, 2.24) is 5.32 Å². The largest absolute Gasteiger partial charge is 0.504 e. The number of phenols is 2. The monoisotopic (exact) mass is 396 g/mol. The Morgan fingerprint density at radius 3 is 2.41 bits per heavy atom. The van der Waals surface area contributed by atoms with Crippen molar-refractivity contribution in [3.05, 3.63) is 57.1 Å². The molecule has 0 radical (unpaired) electrons. The number of esters is 1. The van der Waals surface area contributed by atoms with E-state index in [9.17, 15) is 29.9 Å². The summed E-state index contributed by atoms with van der Waals surface area (Å²) in [5.74, 6) is -2.10. The van der Waals surface area contributed by atoms with Crippen LogP contribution in [-0.2, 0) is 16.1 Å². The quantitative estimate of drug-likeness (QED) is 0.222. The molecule has 0 unspecified atom stereocenters. The molecule has 0 saturated heterocycles. The van der Waals surface area contributed by atoms with Crippen LogP contribution in [0.25, 0.3) is 0 Å². The zero-order valence-corrected chi connectivity index (χ0v) is 14.3. The van der Waals surface area contributed by atoms with Crippen molar-refractivity contribution < 1.29 is 34.2 Å². The van der Waals surface area contributed by atoms with Crippen molar-refractivity contribution in [2.75, 3.05) is 6.54 Å². The second-order valence-corrected chi connectivity index (χ2v) is 5.51. The summed E-state index contributed by atoms with van der Waals surface area (Å²) in [7, 11) is 0. The highest BCUT2D eigenvalue weighted by Crippen LogP contribution is 2.35. The van der Waals surface area contributed by atoms with Crippen LogP contribution in [0.3, 0.4) is 0 Å². The number of halogens is 1. The van der Waals surface area contributed by atoms with E-state index in [4.69, 9.17) is 21.1 Å². The first kappa shape index (κ1) is 19.8. The summed E-state index contributed by atoms with van der Waals surface area (Å²) >= 11 is 5.75. The van der Waals surface area contributed by atoms with Gasteiger partial charge in [0.15, 0.2) is 17.2 Å². The van der Waals surface area contributed by atoms with Gasteiger partial charge in [0.1, 0.15) is 13.2 Å². The van der Waals surface area contributed by atoms with Gasteiger partial charge in [-0.2, -0.15) is 0 Å². The van der Waals surface area contributed by atoms with Crippen LogP contribution in [-0.4, -0.2) is 33.7 Å². The van der Waals surface area contributed by atoms with E-state index >= 15 is 0 Å². The molecular weight excluding hydrogens is 384 g/mol. The van der Waals surface area contributed by atoms with E-state index in [2.05, 4.69) is 5.32 Å². The zero-order valence-electron chi connectivity index (χ0n) is 13.5. The molecule has 11 heteroatoms. The number of aromatic hydroxyl groups is 2. The van der Waals surface area contributed by atoms with E-state index in [-0.39, 0.29) is 23.1 Å². The third-order valence-corrected chi connectivity index (χ3v) is 3.44. The lowest BCUT2D eigenvalue weighted by Crippen LogP contribution is -2.32. The Labute approximate surface area is 157 Å². The second kappa shape index (κ2) is 8.72. The summed E-state index contributed by atoms with van der Waals surface area (Å²) in [4.78, 5) is 33.2. The standard InChI is InChI=1S/C16H13ClN2O8/c17-11-5-12(20)13(21)6-14(11)27-15(22)7-18-16(23)26-8-9-1-3-10(4-2-9)19(24)25/h1-6,20-21H,7-8H2,(H,18,23). The van der Waals surface area contributed by atoms with Crippen molar-refractivity contribution in [3.63, 3.8) is 0 Å². The van der Waals surface area contributed by atoms with Crippen LogP contribution >= 0.6 is 11.6 Å². The Morgan fingerprint density at radius 1 is 1.15 bits per heavy atom. The number of carbonyl (C=O) groups excluding carboxylic acids is 2. The molecule has 10 nitrogen and oxygen atoms in total. The number of nitro benzene ring substituents is 1. The van der Waals surface area contributed by atoms with Gasteiger partial charge in [-0.25, -0.2) is 9.59 Å². The molecule has 27 heavy (non-hydrogen) atoms. The molecule has 0 aliphatic heterocycles. The molecule has 0 bridgehead atoms. The first-order valence-electron chi connectivity index (χ1n) is 7.32. The fourth-order valence-corrected chi connectivity index (χ4v) is 2.02. The highest BCUT2D eigenvalue weighted by molar-refractivity contribution is 6.32. The van der Waals surface area contributed by atoms with Crippen LogP contribution < -0.4 is 10.1 Å². The number of alkyl carbamates (subject to hydrolysis) is 1. The van der Waals surface area contributed by atoms with Crippen LogP contribution in [0.15, 0.2) is 36.4 Å². The summed E-state index contributed by atoms with van der Waals surface area (Å²) in [6.07, 6.45) is -0.912. The molecule has 0 heterocycles. The summed E-state index contributed by atoms with van der Waals surface area (Å²) in [5.41, 5.74) is 0.426. The van der Waals surface area contributed by atoms with Gasteiger partial charge in [0.2, 0.25) is 0 Å². The fraction of sp³-hybridized carbons (Fsp3) is 0.125. The number of nitro groups is 1. The number of amides is 1. The predicted molar refractivity (Wildman–Crippen MR) is 91.7 cm³/mol. The molecule has 2 rings (SSSR count). The minimum absolute atomic E-state index is 0.0927. The van der Waals surface area contributed by atoms with Gasteiger partial charge in [0.05, 0.1) is 9.95 Å². The third-order valence-electron chi connectivity index (χ3n) is 3.15. The van der Waals surface area contributed by atoms with E-state index in [1.54, 1.807) is 0 Å². The smallest absolute Gasteiger partial charge is 0.407 e. The SMILES string of the molecule is O=C(CNC(=O)OCc1ccc([N+](=O)[O-])cc1)Oc1cc(O)c(O)cc1Cl. The molecular formula is C16H13ClN2O8. The molecule has 0 fully saturated rings. The van der Waals surface area contributed by atoms with Crippen molar-refractivity contribution in [3.8, 4) is 17.2 Å². The Kier molecular flexibility index (Phi) is 6.39. The molecule has 0 spiro atoms. The molecule has 0 saturated carbocycles. The number of nitrogens with one attached hydrogen (secondary N) is 1. The summed E-state index contributed by atoms with van der Waals surface area (Å²) < 4.78 is 9.71. The van der Waals surface area contributed by atoms with Gasteiger partial charge in [0, 0.05) is 24.3 Å². The molecule has 0 atom stereocenters. The Morgan fingerprint density at radius 2 is 1.78 bits per heavy atom. The fourth-order valence-electron chi connectivity index (χ4n) is 1.83. The van der Waals surface area contributed by atoms with Crippen molar-refractivity contribution >= 4 is 29.4 Å². The topological polar surface area (TPSA) is 148 Å². The number of rotatable bonds is 6. The summed E-state index contributed by atoms with van der Waals surface area (Å²) in [6.45, 7) is -0.701. The Hall–Kier alpha value is -3.53. The third kappa shape index (κ3) is 5.75. The number of benzene rings is 2. The molecule has 2 aromatic carbocycles. The lowest BCUT2D eigenvalue weighted by atomic mass is 10.2. The lowest BCUT2D eigenvalue weighted by molar-refractivity contribution is -0.384. The molecule has 1 amide bonds. The number of phenolic OH excluding ortho intramolecular Hbond substituents is 2. The maximum absolute atomic E-state index is 11.7. The first-order valence-corrected chi connectivity index (χ1v) is 7.70. The highest BCUT2D eigenvalue weighted by Gasteiger charge is 2.14. The average Bonchev–Trinajstić information content (AvgIpc) is 2.63. The lowest BCUT2D eigenvalue weighted by Gasteiger charge is -2.09. The van der Waals surface area contributed by atoms with Gasteiger partial charge in [-0.15, -0.1) is 0 Å². The van der Waals surface area contributed by atoms with Crippen LogP contribution in [0.4, 0.5) is 10.5 Å². The van der Waals surface area contributed by atoms with E-state index < -0.39 is 35.0 Å². The molecule has 3 N–H and O–H groups in total. The predicted octanol–water partition coefficient (Wildman–Crippen LogP) is 2.49. The second-order valence-electron chi connectivity index (χ2n) is 5.10. The number of non-ortho nitro benzene ring substituents is 1. The highest BCUT2D eigenvalue weighted by atomic mass is 35.5. The molecule has 0 aromatic heterocycles. The minimum atomic E-state index is -0.912. The number of carbonyl (C=O) groups is 2. The number of hydrogen-bond acceptors (Lipinski definition) is 8. The van der Waals surface area contributed by atoms with Crippen LogP contribution in [0.2, 0.25) is 5.02 Å². The van der Waals surface area contributed by atoms with Crippen LogP contribution in [0.1, 0.15) is 5.56 Å². The Bertz CT molecular complexity index is 869. The zero-order chi connectivity index (χ0) is 20.0. The minimum Gasteiger partial charge on any atom is -0.504 e. The molecule has 0 aliphatic rings. The van der Waals surface area contributed by atoms with Crippen LogP contribution in [0, 0.1) is 10.1 Å². The number of nitrogens with zero attached hydrogens (tertiary/aromatic N) is 1. The summed E-state index contributed by atoms with van der Waals surface area (Å²) in [5, 5.41) is 31.2. The van der Waals surface area contributed by atoms with Gasteiger partial charge in [-0.1, -0.05) is 11.6 Å². The normalized spacial score (nSPS) is 10.1. The molecule has 142 valence electrons. The van der Waals surface area contributed by atoms with E-state index in [0.29, 0.717) is 5.56 Å². The Balaban J connectivity index is 1.79. The average molecular weight is 397 g/mol. The van der Waals surface area contributed by atoms with Crippen LogP contribution in [0.5, 0.6) is 17.2 Å². The van der Waals surface area contributed by atoms with Gasteiger partial charge >= 0.3 is 12.1 Å². The van der Waals surface area contributed by atoms with Crippen molar-refractivity contribution in [2.24, 2.45) is 0 Å². The maximum atomic E-state index is 11.7.